The number of rotatable bonds is 2. The smallest absolute Gasteiger partial charge is 0.392 e. The molecule has 1 aliphatic rings. The SMILES string of the molecule is Cc1ccc(S(=O)(=O)N2CCC(C(F)(F)F)C(C)(C)C2)o1. The molecular weight excluding hydrogens is 307 g/mol. The predicted molar refractivity (Wildman–Crippen MR) is 70.1 cm³/mol. The topological polar surface area (TPSA) is 50.5 Å². The van der Waals surface area contributed by atoms with Crippen LogP contribution < -0.4 is 0 Å². The summed E-state index contributed by atoms with van der Waals surface area (Å²) in [5, 5.41) is -0.221. The van der Waals surface area contributed by atoms with Gasteiger partial charge in [-0.15, -0.1) is 0 Å². The van der Waals surface area contributed by atoms with Gasteiger partial charge in [0.15, 0.2) is 0 Å². The number of halogens is 3. The summed E-state index contributed by atoms with van der Waals surface area (Å²) in [5.74, 6) is -1.06. The van der Waals surface area contributed by atoms with Gasteiger partial charge in [-0.2, -0.15) is 17.5 Å². The zero-order chi connectivity index (χ0) is 16.1. The Morgan fingerprint density at radius 1 is 1.33 bits per heavy atom. The van der Waals surface area contributed by atoms with E-state index in [9.17, 15) is 21.6 Å². The number of aryl methyl sites for hydroxylation is 1. The van der Waals surface area contributed by atoms with Crippen molar-refractivity contribution in [2.45, 2.75) is 38.5 Å². The van der Waals surface area contributed by atoms with E-state index in [1.54, 1.807) is 6.92 Å². The molecule has 1 unspecified atom stereocenters. The standard InChI is InChI=1S/C13H18F3NO3S/c1-9-4-5-11(20-9)21(18,19)17-7-6-10(13(14,15)16)12(2,3)8-17/h4-5,10H,6-8H2,1-3H3. The second-order valence-electron chi connectivity index (χ2n) is 6.08. The molecule has 2 rings (SSSR count). The second kappa shape index (κ2) is 5.01. The molecular formula is C13H18F3NO3S. The van der Waals surface area contributed by atoms with Crippen molar-refractivity contribution in [2.75, 3.05) is 13.1 Å². The minimum atomic E-state index is -4.32. The first-order chi connectivity index (χ1) is 9.44. The molecule has 0 aromatic carbocycles. The maximum Gasteiger partial charge on any atom is 0.392 e. The molecule has 2 heterocycles. The molecule has 21 heavy (non-hydrogen) atoms. The van der Waals surface area contributed by atoms with E-state index in [2.05, 4.69) is 0 Å². The third-order valence-corrected chi connectivity index (χ3v) is 5.62. The molecule has 0 amide bonds. The highest BCUT2D eigenvalue weighted by Crippen LogP contribution is 2.46. The summed E-state index contributed by atoms with van der Waals surface area (Å²) in [6, 6.07) is 2.84. The molecule has 1 aromatic rings. The van der Waals surface area contributed by atoms with Crippen LogP contribution in [0, 0.1) is 18.3 Å². The third kappa shape index (κ3) is 3.11. The molecule has 0 spiro atoms. The van der Waals surface area contributed by atoms with Gasteiger partial charge in [-0.05, 0) is 30.9 Å². The summed E-state index contributed by atoms with van der Waals surface area (Å²) in [6.07, 6.45) is -4.56. The normalized spacial score (nSPS) is 24.2. The minimum Gasteiger partial charge on any atom is -0.449 e. The quantitative estimate of drug-likeness (QED) is 0.839. The molecule has 1 fully saturated rings. The first kappa shape index (κ1) is 16.4. The highest BCUT2D eigenvalue weighted by atomic mass is 32.2. The van der Waals surface area contributed by atoms with Gasteiger partial charge in [0.25, 0.3) is 10.0 Å². The number of piperidine rings is 1. The Labute approximate surface area is 122 Å². The highest BCUT2D eigenvalue weighted by Gasteiger charge is 2.53. The van der Waals surface area contributed by atoms with Crippen molar-refractivity contribution in [2.24, 2.45) is 11.3 Å². The van der Waals surface area contributed by atoms with Crippen LogP contribution >= 0.6 is 0 Å². The summed E-state index contributed by atoms with van der Waals surface area (Å²) >= 11 is 0. The van der Waals surface area contributed by atoms with E-state index in [0.29, 0.717) is 5.76 Å². The Hall–Kier alpha value is -1.02. The van der Waals surface area contributed by atoms with Crippen LogP contribution in [0.25, 0.3) is 0 Å². The Bertz CT molecular complexity index is 619. The van der Waals surface area contributed by atoms with Gasteiger partial charge in [0.2, 0.25) is 5.09 Å². The van der Waals surface area contributed by atoms with Crippen LogP contribution in [0.15, 0.2) is 21.6 Å². The van der Waals surface area contributed by atoms with Crippen LogP contribution in [0.5, 0.6) is 0 Å². The van der Waals surface area contributed by atoms with Crippen LogP contribution in [0.1, 0.15) is 26.0 Å². The molecule has 0 N–H and O–H groups in total. The molecule has 0 radical (unpaired) electrons. The average molecular weight is 325 g/mol. The average Bonchev–Trinajstić information content (AvgIpc) is 2.73. The van der Waals surface area contributed by atoms with E-state index in [0.717, 1.165) is 4.31 Å². The van der Waals surface area contributed by atoms with Gasteiger partial charge >= 0.3 is 6.18 Å². The van der Waals surface area contributed by atoms with Crippen LogP contribution in [0.3, 0.4) is 0 Å². The van der Waals surface area contributed by atoms with Gasteiger partial charge in [0.1, 0.15) is 5.76 Å². The van der Waals surface area contributed by atoms with Gasteiger partial charge in [-0.1, -0.05) is 13.8 Å². The summed E-state index contributed by atoms with van der Waals surface area (Å²) in [6.45, 7) is 4.16. The maximum absolute atomic E-state index is 13.0. The number of alkyl halides is 3. The molecule has 4 nitrogen and oxygen atoms in total. The van der Waals surface area contributed by atoms with E-state index >= 15 is 0 Å². The van der Waals surface area contributed by atoms with Crippen molar-refractivity contribution in [1.29, 1.82) is 0 Å². The summed E-state index contributed by atoms with van der Waals surface area (Å²) < 4.78 is 70.0. The lowest BCUT2D eigenvalue weighted by molar-refractivity contribution is -0.213. The zero-order valence-electron chi connectivity index (χ0n) is 12.1. The Balaban J connectivity index is 2.26. The molecule has 8 heteroatoms. The fraction of sp³-hybridized carbons (Fsp3) is 0.692. The number of furan rings is 1. The van der Waals surface area contributed by atoms with Crippen LogP contribution in [-0.4, -0.2) is 32.0 Å². The summed E-state index contributed by atoms with van der Waals surface area (Å²) in [7, 11) is -3.88. The maximum atomic E-state index is 13.0. The Kier molecular flexibility index (Phi) is 3.90. The number of sulfonamides is 1. The van der Waals surface area contributed by atoms with Crippen molar-refractivity contribution < 1.29 is 26.0 Å². The predicted octanol–water partition coefficient (Wildman–Crippen LogP) is 3.19. The van der Waals surface area contributed by atoms with Crippen molar-refractivity contribution in [3.63, 3.8) is 0 Å². The molecule has 1 aromatic heterocycles. The number of hydrogen-bond donors (Lipinski definition) is 0. The number of nitrogens with zero attached hydrogens (tertiary/aromatic N) is 1. The molecule has 0 saturated carbocycles. The fourth-order valence-corrected chi connectivity index (χ4v) is 4.38. The molecule has 0 bridgehead atoms. The van der Waals surface area contributed by atoms with E-state index in [1.165, 1.54) is 26.0 Å². The Morgan fingerprint density at radius 3 is 2.38 bits per heavy atom. The lowest BCUT2D eigenvalue weighted by Crippen LogP contribution is -2.52. The van der Waals surface area contributed by atoms with Crippen molar-refractivity contribution in [1.82, 2.24) is 4.31 Å². The second-order valence-corrected chi connectivity index (χ2v) is 7.94. The van der Waals surface area contributed by atoms with Gasteiger partial charge in [0, 0.05) is 13.1 Å². The van der Waals surface area contributed by atoms with E-state index in [1.807, 2.05) is 0 Å². The molecule has 120 valence electrons. The fourth-order valence-electron chi connectivity index (χ4n) is 2.80. The van der Waals surface area contributed by atoms with E-state index < -0.39 is 27.5 Å². The van der Waals surface area contributed by atoms with Gasteiger partial charge in [0.05, 0.1) is 5.92 Å². The monoisotopic (exact) mass is 325 g/mol. The van der Waals surface area contributed by atoms with Crippen LogP contribution in [0.4, 0.5) is 13.2 Å². The van der Waals surface area contributed by atoms with Crippen LogP contribution in [0.2, 0.25) is 0 Å². The lowest BCUT2D eigenvalue weighted by atomic mass is 9.74. The number of hydrogen-bond acceptors (Lipinski definition) is 3. The molecule has 1 aliphatic heterocycles. The zero-order valence-corrected chi connectivity index (χ0v) is 12.9. The third-order valence-electron chi connectivity index (χ3n) is 3.90. The van der Waals surface area contributed by atoms with Gasteiger partial charge in [-0.25, -0.2) is 8.42 Å². The summed E-state index contributed by atoms with van der Waals surface area (Å²) in [5.41, 5.74) is -1.18. The van der Waals surface area contributed by atoms with Gasteiger partial charge in [-0.3, -0.25) is 0 Å². The first-order valence-corrected chi connectivity index (χ1v) is 8.02. The molecule has 0 aliphatic carbocycles. The first-order valence-electron chi connectivity index (χ1n) is 6.58. The largest absolute Gasteiger partial charge is 0.449 e. The van der Waals surface area contributed by atoms with Crippen molar-refractivity contribution >= 4 is 10.0 Å². The highest BCUT2D eigenvalue weighted by molar-refractivity contribution is 7.89. The van der Waals surface area contributed by atoms with Crippen molar-refractivity contribution in [3.8, 4) is 0 Å². The van der Waals surface area contributed by atoms with Gasteiger partial charge < -0.3 is 4.42 Å². The van der Waals surface area contributed by atoms with Crippen LogP contribution in [-0.2, 0) is 10.0 Å². The lowest BCUT2D eigenvalue weighted by Gasteiger charge is -2.43. The van der Waals surface area contributed by atoms with Crippen molar-refractivity contribution in [3.05, 3.63) is 17.9 Å². The molecule has 1 saturated heterocycles. The Morgan fingerprint density at radius 2 is 1.95 bits per heavy atom. The minimum absolute atomic E-state index is 0.157. The van der Waals surface area contributed by atoms with E-state index in [-0.39, 0.29) is 24.6 Å². The molecule has 1 atom stereocenters. The van der Waals surface area contributed by atoms with E-state index in [4.69, 9.17) is 4.42 Å². The summed E-state index contributed by atoms with van der Waals surface area (Å²) in [4.78, 5) is 0.